The van der Waals surface area contributed by atoms with Crippen LogP contribution in [-0.2, 0) is 4.79 Å². The lowest BCUT2D eigenvalue weighted by molar-refractivity contribution is -0.120. The minimum atomic E-state index is -0.0515. The third kappa shape index (κ3) is 3.27. The van der Waals surface area contributed by atoms with Crippen LogP contribution in [0.4, 0.5) is 5.95 Å². The molecule has 1 aromatic carbocycles. The van der Waals surface area contributed by atoms with Gasteiger partial charge >= 0.3 is 0 Å². The van der Waals surface area contributed by atoms with Gasteiger partial charge in [-0.15, -0.1) is 16.4 Å². The molecular formula is C16H16Cl2N4OS. The fourth-order valence-corrected chi connectivity index (χ4v) is 3.82. The van der Waals surface area contributed by atoms with E-state index < -0.39 is 0 Å². The summed E-state index contributed by atoms with van der Waals surface area (Å²) in [6.45, 7) is 3.99. The van der Waals surface area contributed by atoms with Crippen molar-refractivity contribution in [3.8, 4) is 11.3 Å². The van der Waals surface area contributed by atoms with Crippen molar-refractivity contribution in [1.29, 1.82) is 0 Å². The van der Waals surface area contributed by atoms with Crippen LogP contribution in [0.3, 0.4) is 0 Å². The first-order valence-electron chi connectivity index (χ1n) is 7.64. The predicted octanol–water partition coefficient (Wildman–Crippen LogP) is 5.14. The zero-order chi connectivity index (χ0) is 17.3. The quantitative estimate of drug-likeness (QED) is 0.664. The Hall–Kier alpha value is -1.63. The summed E-state index contributed by atoms with van der Waals surface area (Å²) in [5.41, 5.74) is 1.63. The van der Waals surface area contributed by atoms with Crippen LogP contribution in [0, 0.1) is 5.92 Å². The lowest BCUT2D eigenvalue weighted by Crippen LogP contribution is -2.22. The molecule has 0 fully saturated rings. The van der Waals surface area contributed by atoms with Crippen LogP contribution >= 0.6 is 34.5 Å². The summed E-state index contributed by atoms with van der Waals surface area (Å²) in [5, 5.41) is 10.2. The molecule has 0 radical (unpaired) electrons. The van der Waals surface area contributed by atoms with Gasteiger partial charge in [-0.25, -0.2) is 4.52 Å². The van der Waals surface area contributed by atoms with Crippen LogP contribution in [0.1, 0.15) is 26.7 Å². The summed E-state index contributed by atoms with van der Waals surface area (Å²) in [6.07, 6.45) is 1.58. The standard InChI is InChI=1S/C16H16Cl2N4OS/c1-3-9(4-2)14(23)19-15-20-16-22(21-15)13(8-24-16)11-6-5-10(17)7-12(11)18/h5-9H,3-4H2,1-2H3,(H,19,21,23). The molecule has 0 saturated carbocycles. The highest BCUT2D eigenvalue weighted by molar-refractivity contribution is 7.15. The Bertz CT molecular complexity index is 885. The molecule has 3 rings (SSSR count). The monoisotopic (exact) mass is 382 g/mol. The number of carbonyl (C=O) groups is 1. The number of thiazole rings is 1. The van der Waals surface area contributed by atoms with Gasteiger partial charge in [0.25, 0.3) is 0 Å². The lowest BCUT2D eigenvalue weighted by atomic mass is 10.0. The van der Waals surface area contributed by atoms with E-state index in [1.165, 1.54) is 11.3 Å². The maximum Gasteiger partial charge on any atom is 0.250 e. The Labute approximate surface area is 153 Å². The van der Waals surface area contributed by atoms with Crippen molar-refractivity contribution >= 4 is 51.4 Å². The second kappa shape index (κ2) is 7.09. The van der Waals surface area contributed by atoms with E-state index in [4.69, 9.17) is 23.2 Å². The van der Waals surface area contributed by atoms with Gasteiger partial charge in [0, 0.05) is 21.9 Å². The van der Waals surface area contributed by atoms with Gasteiger partial charge in [-0.2, -0.15) is 4.98 Å². The van der Waals surface area contributed by atoms with Crippen LogP contribution in [0.5, 0.6) is 0 Å². The SMILES string of the molecule is CCC(CC)C(=O)Nc1nc2scc(-c3ccc(Cl)cc3Cl)n2n1. The average molecular weight is 383 g/mol. The van der Waals surface area contributed by atoms with E-state index in [2.05, 4.69) is 15.4 Å². The number of hydrogen-bond acceptors (Lipinski definition) is 4. The molecule has 0 saturated heterocycles. The summed E-state index contributed by atoms with van der Waals surface area (Å²) < 4.78 is 1.68. The number of carbonyl (C=O) groups excluding carboxylic acids is 1. The lowest BCUT2D eigenvalue weighted by Gasteiger charge is -2.09. The Morgan fingerprint density at radius 2 is 2.08 bits per heavy atom. The zero-order valence-corrected chi connectivity index (χ0v) is 15.5. The molecule has 0 aliphatic rings. The first kappa shape index (κ1) is 17.2. The number of nitrogens with one attached hydrogen (secondary N) is 1. The Morgan fingerprint density at radius 3 is 2.75 bits per heavy atom. The van der Waals surface area contributed by atoms with Crippen LogP contribution < -0.4 is 5.32 Å². The Balaban J connectivity index is 1.93. The molecule has 0 aliphatic carbocycles. The van der Waals surface area contributed by atoms with Gasteiger partial charge in [0.05, 0.1) is 10.7 Å². The van der Waals surface area contributed by atoms with Crippen molar-refractivity contribution in [1.82, 2.24) is 14.6 Å². The van der Waals surface area contributed by atoms with Crippen LogP contribution in [-0.4, -0.2) is 20.5 Å². The van der Waals surface area contributed by atoms with E-state index in [1.807, 2.05) is 25.3 Å². The number of benzene rings is 1. The van der Waals surface area contributed by atoms with E-state index in [0.29, 0.717) is 21.0 Å². The minimum Gasteiger partial charge on any atom is -0.293 e. The molecule has 0 aliphatic heterocycles. The Morgan fingerprint density at radius 1 is 1.33 bits per heavy atom. The van der Waals surface area contributed by atoms with Crippen molar-refractivity contribution in [2.24, 2.45) is 5.92 Å². The first-order valence-corrected chi connectivity index (χ1v) is 9.27. The van der Waals surface area contributed by atoms with Gasteiger partial charge in [0.1, 0.15) is 0 Å². The van der Waals surface area contributed by atoms with Crippen molar-refractivity contribution in [3.05, 3.63) is 33.6 Å². The molecule has 126 valence electrons. The fraction of sp³-hybridized carbons (Fsp3) is 0.312. The number of halogens is 2. The normalized spacial score (nSPS) is 11.4. The number of rotatable bonds is 5. The number of fused-ring (bicyclic) bond motifs is 1. The summed E-state index contributed by atoms with van der Waals surface area (Å²) >= 11 is 13.7. The van der Waals surface area contributed by atoms with Gasteiger partial charge < -0.3 is 0 Å². The van der Waals surface area contributed by atoms with E-state index in [0.717, 1.165) is 24.1 Å². The molecule has 0 spiro atoms. The number of anilines is 1. The number of aromatic nitrogens is 3. The van der Waals surface area contributed by atoms with Crippen LogP contribution in [0.2, 0.25) is 10.0 Å². The van der Waals surface area contributed by atoms with Gasteiger partial charge in [-0.1, -0.05) is 37.0 Å². The summed E-state index contributed by atoms with van der Waals surface area (Å²) in [6, 6.07) is 5.31. The van der Waals surface area contributed by atoms with Gasteiger partial charge in [0.2, 0.25) is 16.8 Å². The van der Waals surface area contributed by atoms with Crippen LogP contribution in [0.25, 0.3) is 16.2 Å². The largest absolute Gasteiger partial charge is 0.293 e. The highest BCUT2D eigenvalue weighted by atomic mass is 35.5. The smallest absolute Gasteiger partial charge is 0.250 e. The molecule has 1 amide bonds. The second-order valence-electron chi connectivity index (χ2n) is 5.38. The molecule has 5 nitrogen and oxygen atoms in total. The highest BCUT2D eigenvalue weighted by Gasteiger charge is 2.18. The minimum absolute atomic E-state index is 0.0308. The molecule has 24 heavy (non-hydrogen) atoms. The maximum absolute atomic E-state index is 12.2. The molecule has 2 heterocycles. The molecule has 3 aromatic rings. The topological polar surface area (TPSA) is 59.3 Å². The van der Waals surface area contributed by atoms with Crippen LogP contribution in [0.15, 0.2) is 23.6 Å². The predicted molar refractivity (Wildman–Crippen MR) is 99.0 cm³/mol. The molecule has 0 bridgehead atoms. The fourth-order valence-electron chi connectivity index (χ4n) is 2.49. The number of amides is 1. The number of nitrogens with zero attached hydrogens (tertiary/aromatic N) is 3. The third-order valence-electron chi connectivity index (χ3n) is 3.88. The van der Waals surface area contributed by atoms with Crippen molar-refractivity contribution in [2.45, 2.75) is 26.7 Å². The molecular weight excluding hydrogens is 367 g/mol. The molecule has 1 N–H and O–H groups in total. The molecule has 0 unspecified atom stereocenters. The first-order chi connectivity index (χ1) is 11.5. The van der Waals surface area contributed by atoms with Crippen molar-refractivity contribution in [3.63, 3.8) is 0 Å². The van der Waals surface area contributed by atoms with Crippen molar-refractivity contribution in [2.75, 3.05) is 5.32 Å². The maximum atomic E-state index is 12.2. The highest BCUT2D eigenvalue weighted by Crippen LogP contribution is 2.33. The third-order valence-corrected chi connectivity index (χ3v) is 5.24. The van der Waals surface area contributed by atoms with E-state index in [9.17, 15) is 4.79 Å². The second-order valence-corrected chi connectivity index (χ2v) is 7.06. The number of hydrogen-bond donors (Lipinski definition) is 1. The van der Waals surface area contributed by atoms with Gasteiger partial charge in [-0.05, 0) is 31.0 Å². The Kier molecular flexibility index (Phi) is 5.08. The average Bonchev–Trinajstić information content (AvgIpc) is 3.09. The summed E-state index contributed by atoms with van der Waals surface area (Å²) in [4.78, 5) is 17.2. The molecule has 0 atom stereocenters. The zero-order valence-electron chi connectivity index (χ0n) is 13.2. The summed E-state index contributed by atoms with van der Waals surface area (Å²) in [7, 11) is 0. The molecule has 2 aromatic heterocycles. The van der Waals surface area contributed by atoms with E-state index in [1.54, 1.807) is 16.6 Å². The van der Waals surface area contributed by atoms with E-state index in [-0.39, 0.29) is 11.8 Å². The van der Waals surface area contributed by atoms with Gasteiger partial charge in [-0.3, -0.25) is 10.1 Å². The molecule has 8 heteroatoms. The van der Waals surface area contributed by atoms with E-state index >= 15 is 0 Å². The summed E-state index contributed by atoms with van der Waals surface area (Å²) in [5.74, 6) is 0.228. The van der Waals surface area contributed by atoms with Gasteiger partial charge in [0.15, 0.2) is 0 Å². The van der Waals surface area contributed by atoms with Crippen molar-refractivity contribution < 1.29 is 4.79 Å².